The first-order valence-corrected chi connectivity index (χ1v) is 11.4. The smallest absolute Gasteiger partial charge is 0.323 e. The second-order valence-electron chi connectivity index (χ2n) is 8.65. The van der Waals surface area contributed by atoms with Crippen LogP contribution in [0.1, 0.15) is 28.3 Å². The van der Waals surface area contributed by atoms with E-state index in [9.17, 15) is 4.79 Å². The Labute approximate surface area is 200 Å². The van der Waals surface area contributed by atoms with Crippen LogP contribution >= 0.6 is 0 Å². The van der Waals surface area contributed by atoms with Crippen LogP contribution in [0.2, 0.25) is 0 Å². The molecule has 3 aromatic heterocycles. The normalized spacial score (nSPS) is 14.9. The second-order valence-corrected chi connectivity index (χ2v) is 8.65. The largest absolute Gasteiger partial charge is 0.435 e. The summed E-state index contributed by atoms with van der Waals surface area (Å²) in [4.78, 5) is 31.1. The Hall–Kier alpha value is -4.59. The van der Waals surface area contributed by atoms with Gasteiger partial charge < -0.3 is 19.5 Å². The average Bonchev–Trinajstić information content (AvgIpc) is 3.61. The minimum atomic E-state index is -0.153. The van der Waals surface area contributed by atoms with E-state index in [-0.39, 0.29) is 35.8 Å². The molecule has 11 nitrogen and oxygen atoms in total. The van der Waals surface area contributed by atoms with Crippen molar-refractivity contribution in [2.24, 2.45) is 0 Å². The predicted molar refractivity (Wildman–Crippen MR) is 124 cm³/mol. The lowest BCUT2D eigenvalue weighted by Crippen LogP contribution is -2.36. The number of benzene rings is 1. The number of H-pyrrole nitrogens is 1. The van der Waals surface area contributed by atoms with Crippen molar-refractivity contribution < 1.29 is 9.21 Å². The highest BCUT2D eigenvalue weighted by molar-refractivity contribution is 5.80. The molecule has 11 heteroatoms. The summed E-state index contributed by atoms with van der Waals surface area (Å²) >= 11 is 0. The number of rotatable bonds is 5. The van der Waals surface area contributed by atoms with E-state index < -0.39 is 0 Å². The van der Waals surface area contributed by atoms with Crippen molar-refractivity contribution in [2.45, 2.75) is 38.3 Å². The highest BCUT2D eigenvalue weighted by Gasteiger charge is 2.27. The van der Waals surface area contributed by atoms with Gasteiger partial charge in [0.2, 0.25) is 11.9 Å². The van der Waals surface area contributed by atoms with E-state index in [0.29, 0.717) is 31.0 Å². The Balaban J connectivity index is 1.13. The van der Waals surface area contributed by atoms with Crippen LogP contribution in [0.25, 0.3) is 16.3 Å². The number of anilines is 1. The van der Waals surface area contributed by atoms with Crippen molar-refractivity contribution in [3.8, 4) is 11.5 Å². The number of carbonyl (C=O) groups is 1. The van der Waals surface area contributed by atoms with Crippen LogP contribution in [0.3, 0.4) is 0 Å². The zero-order valence-electron chi connectivity index (χ0n) is 18.7. The van der Waals surface area contributed by atoms with Gasteiger partial charge in [0, 0.05) is 31.4 Å². The SMILES string of the molecule is [C-]#[N+]c1nc(-c2cnc(NC3Cc4ccccc4C3)nc2)oc1CC(=O)N1CCc2n[nH]nc2C1. The second kappa shape index (κ2) is 8.64. The minimum absolute atomic E-state index is 0.0549. The molecule has 0 fully saturated rings. The van der Waals surface area contributed by atoms with Crippen molar-refractivity contribution >= 4 is 17.7 Å². The molecule has 1 aromatic carbocycles. The average molecular weight is 467 g/mol. The highest BCUT2D eigenvalue weighted by Crippen LogP contribution is 2.29. The maximum absolute atomic E-state index is 12.8. The van der Waals surface area contributed by atoms with Crippen LogP contribution in [0.4, 0.5) is 11.8 Å². The lowest BCUT2D eigenvalue weighted by molar-refractivity contribution is -0.131. The number of fused-ring (bicyclic) bond motifs is 2. The van der Waals surface area contributed by atoms with Gasteiger partial charge in [0.25, 0.3) is 0 Å². The number of nitrogens with zero attached hydrogens (tertiary/aromatic N) is 7. The monoisotopic (exact) mass is 467 g/mol. The molecule has 0 bridgehead atoms. The molecule has 0 saturated carbocycles. The number of carbonyl (C=O) groups excluding carboxylic acids is 1. The molecule has 0 saturated heterocycles. The summed E-state index contributed by atoms with van der Waals surface area (Å²) in [7, 11) is 0. The van der Waals surface area contributed by atoms with Crippen LogP contribution < -0.4 is 5.32 Å². The van der Waals surface area contributed by atoms with Crippen LogP contribution in [0.5, 0.6) is 0 Å². The van der Waals surface area contributed by atoms with E-state index in [4.69, 9.17) is 11.0 Å². The van der Waals surface area contributed by atoms with Crippen LogP contribution in [0, 0.1) is 6.57 Å². The molecule has 1 amide bonds. The molecule has 0 radical (unpaired) electrons. The molecule has 1 aliphatic carbocycles. The van der Waals surface area contributed by atoms with Gasteiger partial charge in [-0.1, -0.05) is 35.8 Å². The van der Waals surface area contributed by atoms with Crippen molar-refractivity contribution in [1.82, 2.24) is 35.3 Å². The number of nitrogens with one attached hydrogen (secondary N) is 2. The molecule has 35 heavy (non-hydrogen) atoms. The van der Waals surface area contributed by atoms with Crippen molar-refractivity contribution in [1.29, 1.82) is 0 Å². The summed E-state index contributed by atoms with van der Waals surface area (Å²) in [6.07, 6.45) is 5.67. The fourth-order valence-corrected chi connectivity index (χ4v) is 4.59. The maximum atomic E-state index is 12.8. The zero-order valence-corrected chi connectivity index (χ0v) is 18.7. The van der Waals surface area contributed by atoms with Gasteiger partial charge in [-0.3, -0.25) is 4.79 Å². The Kier molecular flexibility index (Phi) is 5.18. The molecule has 2 N–H and O–H groups in total. The van der Waals surface area contributed by atoms with E-state index in [1.165, 1.54) is 11.1 Å². The number of hydrogen-bond donors (Lipinski definition) is 2. The third kappa shape index (κ3) is 4.10. The standard InChI is InChI=1S/C24H21N9O2/c1-25-22-20(10-21(34)33-7-6-18-19(13-33)31-32-30-18)35-23(29-22)16-11-26-24(27-12-16)28-17-8-14-4-2-3-5-15(14)9-17/h2-5,11-12,17H,6-10,13H2,(H,26,27,28)(H,30,31,32). The minimum Gasteiger partial charge on any atom is -0.435 e. The van der Waals surface area contributed by atoms with Crippen LogP contribution in [0.15, 0.2) is 41.1 Å². The molecular formula is C24H21N9O2. The van der Waals surface area contributed by atoms with E-state index in [1.54, 1.807) is 17.3 Å². The van der Waals surface area contributed by atoms with Gasteiger partial charge in [0.1, 0.15) is 11.5 Å². The number of oxazole rings is 1. The molecule has 0 atom stereocenters. The molecule has 0 spiro atoms. The van der Waals surface area contributed by atoms with Gasteiger partial charge in [-0.25, -0.2) is 9.97 Å². The van der Waals surface area contributed by atoms with Crippen LogP contribution in [-0.2, 0) is 37.0 Å². The molecule has 1 aliphatic heterocycles. The lowest BCUT2D eigenvalue weighted by Gasteiger charge is -2.25. The first kappa shape index (κ1) is 21.0. The van der Waals surface area contributed by atoms with Gasteiger partial charge in [-0.2, -0.15) is 15.4 Å². The van der Waals surface area contributed by atoms with Gasteiger partial charge in [0.05, 0.1) is 24.2 Å². The summed E-state index contributed by atoms with van der Waals surface area (Å²) in [6, 6.07) is 8.66. The van der Waals surface area contributed by atoms with Crippen molar-refractivity contribution in [3.05, 3.63) is 76.4 Å². The number of amides is 1. The molecule has 0 unspecified atom stereocenters. The van der Waals surface area contributed by atoms with Gasteiger partial charge in [0.15, 0.2) is 0 Å². The molecule has 4 heterocycles. The molecule has 174 valence electrons. The Bertz CT molecular complexity index is 1410. The van der Waals surface area contributed by atoms with Gasteiger partial charge >= 0.3 is 11.7 Å². The summed E-state index contributed by atoms with van der Waals surface area (Å²) in [5, 5.41) is 14.1. The molecule has 4 aromatic rings. The highest BCUT2D eigenvalue weighted by atomic mass is 16.4. The molecule has 6 rings (SSSR count). The van der Waals surface area contributed by atoms with E-state index in [1.807, 2.05) is 0 Å². The summed E-state index contributed by atoms with van der Waals surface area (Å²) in [6.45, 7) is 8.38. The van der Waals surface area contributed by atoms with Crippen LogP contribution in [-0.4, -0.2) is 53.8 Å². The fourth-order valence-electron chi connectivity index (χ4n) is 4.59. The molecule has 2 aliphatic rings. The number of aromatic amines is 1. The van der Waals surface area contributed by atoms with E-state index in [0.717, 1.165) is 24.2 Å². The lowest BCUT2D eigenvalue weighted by atomic mass is 10.1. The molecular weight excluding hydrogens is 446 g/mol. The summed E-state index contributed by atoms with van der Waals surface area (Å²) in [5.41, 5.74) is 4.88. The number of aromatic nitrogens is 6. The quantitative estimate of drug-likeness (QED) is 0.428. The third-order valence-electron chi connectivity index (χ3n) is 6.39. The fraction of sp³-hybridized carbons (Fsp3) is 0.292. The number of hydrogen-bond acceptors (Lipinski definition) is 8. The Morgan fingerprint density at radius 2 is 1.91 bits per heavy atom. The first-order valence-electron chi connectivity index (χ1n) is 11.4. The first-order chi connectivity index (χ1) is 17.2. The third-order valence-corrected chi connectivity index (χ3v) is 6.39. The van der Waals surface area contributed by atoms with E-state index >= 15 is 0 Å². The van der Waals surface area contributed by atoms with Crippen molar-refractivity contribution in [3.63, 3.8) is 0 Å². The van der Waals surface area contributed by atoms with Gasteiger partial charge in [-0.15, -0.1) is 0 Å². The van der Waals surface area contributed by atoms with Crippen molar-refractivity contribution in [2.75, 3.05) is 11.9 Å². The Morgan fingerprint density at radius 1 is 1.17 bits per heavy atom. The predicted octanol–water partition coefficient (Wildman–Crippen LogP) is 2.51. The Morgan fingerprint density at radius 3 is 2.66 bits per heavy atom. The van der Waals surface area contributed by atoms with Gasteiger partial charge in [-0.05, 0) is 24.0 Å². The summed E-state index contributed by atoms with van der Waals surface area (Å²) < 4.78 is 5.82. The summed E-state index contributed by atoms with van der Waals surface area (Å²) in [5.74, 6) is 0.891. The topological polar surface area (TPSA) is 130 Å². The zero-order chi connectivity index (χ0) is 23.8. The van der Waals surface area contributed by atoms with E-state index in [2.05, 4.69) is 64.8 Å². The maximum Gasteiger partial charge on any atom is 0.323 e.